The Balaban J connectivity index is 1.31. The van der Waals surface area contributed by atoms with Gasteiger partial charge in [0, 0.05) is 0 Å². The summed E-state index contributed by atoms with van der Waals surface area (Å²) in [6.07, 6.45) is 1.41. The highest BCUT2D eigenvalue weighted by Gasteiger charge is 2.37. The lowest BCUT2D eigenvalue weighted by Crippen LogP contribution is -2.35. The number of ketones is 1. The molecule has 0 saturated heterocycles. The van der Waals surface area contributed by atoms with Crippen LogP contribution in [0, 0.1) is 6.92 Å². The number of methoxy groups -OCH3 is 1. The number of rotatable bonds is 9. The molecule has 0 aliphatic carbocycles. The molecule has 10 heteroatoms. The van der Waals surface area contributed by atoms with Gasteiger partial charge in [0.2, 0.25) is 5.78 Å². The number of nitrogens with one attached hydrogen (secondary N) is 1. The molecular formula is C36H28N6O4. The van der Waals surface area contributed by atoms with E-state index in [2.05, 4.69) is 15.3 Å². The number of aryl methyl sites for hydroxylation is 1. The number of Topliss-reactive ketones (excluding diaryl/α,β-unsaturated/α-hetero) is 1. The highest BCUT2D eigenvalue weighted by Crippen LogP contribution is 2.35. The number of carbonyl (C=O) groups is 3. The first-order valence-corrected chi connectivity index (χ1v) is 14.7. The molecule has 46 heavy (non-hydrogen) atoms. The van der Waals surface area contributed by atoms with E-state index in [-0.39, 0.29) is 16.8 Å². The van der Waals surface area contributed by atoms with Crippen molar-refractivity contribution in [2.75, 3.05) is 19.0 Å². The molecule has 7 rings (SSSR count). The lowest BCUT2D eigenvalue weighted by Gasteiger charge is -2.14. The van der Waals surface area contributed by atoms with Crippen molar-refractivity contribution in [3.05, 3.63) is 131 Å². The van der Waals surface area contributed by atoms with Crippen LogP contribution in [0.4, 0.5) is 11.5 Å². The van der Waals surface area contributed by atoms with Gasteiger partial charge in [0.1, 0.15) is 23.6 Å². The van der Waals surface area contributed by atoms with Gasteiger partial charge in [0.25, 0.3) is 11.8 Å². The number of hydrogen-bond acceptors (Lipinski definition) is 8. The summed E-state index contributed by atoms with van der Waals surface area (Å²) < 4.78 is 7.30. The Kier molecular flexibility index (Phi) is 7.30. The molecule has 10 nitrogen and oxygen atoms in total. The number of hydrogen-bond donors (Lipinski definition) is 1. The van der Waals surface area contributed by atoms with Crippen molar-refractivity contribution < 1.29 is 19.1 Å². The molecule has 2 amide bonds. The molecule has 6 aromatic rings. The van der Waals surface area contributed by atoms with Gasteiger partial charge in [-0.15, -0.1) is 0 Å². The number of aromatic nitrogens is 4. The zero-order valence-corrected chi connectivity index (χ0v) is 25.1. The Morgan fingerprint density at radius 1 is 0.826 bits per heavy atom. The van der Waals surface area contributed by atoms with Gasteiger partial charge >= 0.3 is 0 Å². The molecule has 0 radical (unpaired) electrons. The van der Waals surface area contributed by atoms with Gasteiger partial charge in [-0.25, -0.2) is 14.6 Å². The van der Waals surface area contributed by atoms with Crippen LogP contribution in [0.2, 0.25) is 0 Å². The van der Waals surface area contributed by atoms with Gasteiger partial charge in [0.05, 0.1) is 42.4 Å². The van der Waals surface area contributed by atoms with E-state index in [0.29, 0.717) is 34.8 Å². The SMILES string of the molecule is COc1ccc(-c2ccccc2)cc1Nc1ncnc2c1c(C(=O)CN1C(=O)c3ccccc3C1=O)nn2Cc1ccc(C)cc1. The first kappa shape index (κ1) is 28.6. The zero-order valence-electron chi connectivity index (χ0n) is 25.1. The quantitative estimate of drug-likeness (QED) is 0.155. The van der Waals surface area contributed by atoms with E-state index in [9.17, 15) is 14.4 Å². The Morgan fingerprint density at radius 2 is 1.52 bits per heavy atom. The minimum absolute atomic E-state index is 0.0416. The minimum atomic E-state index is -0.523. The molecule has 0 spiro atoms. The maximum Gasteiger partial charge on any atom is 0.261 e. The van der Waals surface area contributed by atoms with Crippen LogP contribution in [0.25, 0.3) is 22.2 Å². The first-order chi connectivity index (χ1) is 22.4. The minimum Gasteiger partial charge on any atom is -0.495 e. The van der Waals surface area contributed by atoms with E-state index in [4.69, 9.17) is 9.84 Å². The molecule has 0 unspecified atom stereocenters. The van der Waals surface area contributed by atoms with Crippen molar-refractivity contribution in [2.24, 2.45) is 0 Å². The Morgan fingerprint density at radius 3 is 2.22 bits per heavy atom. The molecule has 3 heterocycles. The number of benzene rings is 4. The van der Waals surface area contributed by atoms with Crippen LogP contribution in [0.5, 0.6) is 5.75 Å². The lowest BCUT2D eigenvalue weighted by atomic mass is 10.0. The standard InChI is InChI=1S/C36H28N6O4/c1-22-12-14-23(15-13-22)19-42-34-31(32(40-42)29(43)20-41-35(44)26-10-6-7-11-27(26)36(41)45)33(37-21-38-34)39-28-18-25(16-17-30(28)46-2)24-8-4-3-5-9-24/h3-18,21H,19-20H2,1-2H3,(H,37,38,39). The molecular weight excluding hydrogens is 580 g/mol. The first-order valence-electron chi connectivity index (χ1n) is 14.7. The fraction of sp³-hybridized carbons (Fsp3) is 0.111. The summed E-state index contributed by atoms with van der Waals surface area (Å²) in [4.78, 5) is 50.2. The average Bonchev–Trinajstić information content (AvgIpc) is 3.57. The number of anilines is 2. The molecule has 1 aliphatic rings. The van der Waals surface area contributed by atoms with E-state index in [0.717, 1.165) is 27.2 Å². The molecule has 0 bridgehead atoms. The van der Waals surface area contributed by atoms with Crippen molar-refractivity contribution in [1.29, 1.82) is 0 Å². The smallest absolute Gasteiger partial charge is 0.261 e. The van der Waals surface area contributed by atoms with Crippen molar-refractivity contribution in [3.8, 4) is 16.9 Å². The summed E-state index contributed by atoms with van der Waals surface area (Å²) in [6.45, 7) is 1.86. The number of ether oxygens (including phenoxy) is 1. The third kappa shape index (κ3) is 5.15. The van der Waals surface area contributed by atoms with E-state index in [1.165, 1.54) is 6.33 Å². The number of carbonyl (C=O) groups excluding carboxylic acids is 3. The normalized spacial score (nSPS) is 12.4. The number of nitrogens with zero attached hydrogens (tertiary/aromatic N) is 5. The average molecular weight is 609 g/mol. The highest BCUT2D eigenvalue weighted by molar-refractivity contribution is 6.23. The molecule has 0 saturated carbocycles. The van der Waals surface area contributed by atoms with Gasteiger partial charge in [-0.3, -0.25) is 19.3 Å². The third-order valence-electron chi connectivity index (χ3n) is 7.99. The van der Waals surface area contributed by atoms with Crippen LogP contribution in [0.3, 0.4) is 0 Å². The van der Waals surface area contributed by atoms with Gasteiger partial charge in [-0.05, 0) is 47.9 Å². The van der Waals surface area contributed by atoms with E-state index in [1.54, 1.807) is 36.1 Å². The van der Waals surface area contributed by atoms with E-state index >= 15 is 0 Å². The zero-order chi connectivity index (χ0) is 31.8. The molecule has 0 atom stereocenters. The Hall–Kier alpha value is -6.16. The van der Waals surface area contributed by atoms with Crippen LogP contribution in [-0.4, -0.2) is 55.9 Å². The van der Waals surface area contributed by atoms with Gasteiger partial charge in [0.15, 0.2) is 5.65 Å². The maximum absolute atomic E-state index is 14.0. The van der Waals surface area contributed by atoms with Crippen LogP contribution in [-0.2, 0) is 6.54 Å². The lowest BCUT2D eigenvalue weighted by molar-refractivity contribution is 0.0623. The predicted octanol–water partition coefficient (Wildman–Crippen LogP) is 6.08. The van der Waals surface area contributed by atoms with Crippen molar-refractivity contribution in [3.63, 3.8) is 0 Å². The molecule has 1 N–H and O–H groups in total. The fourth-order valence-electron chi connectivity index (χ4n) is 5.62. The van der Waals surface area contributed by atoms with Crippen LogP contribution < -0.4 is 10.1 Å². The number of imide groups is 1. The summed E-state index contributed by atoms with van der Waals surface area (Å²) in [6, 6.07) is 30.2. The second-order valence-corrected chi connectivity index (χ2v) is 11.0. The Bertz CT molecular complexity index is 2110. The largest absolute Gasteiger partial charge is 0.495 e. The summed E-state index contributed by atoms with van der Waals surface area (Å²) in [5.74, 6) is -0.666. The number of amides is 2. The van der Waals surface area contributed by atoms with E-state index in [1.807, 2.05) is 79.7 Å². The van der Waals surface area contributed by atoms with Gasteiger partial charge in [-0.2, -0.15) is 5.10 Å². The summed E-state index contributed by atoms with van der Waals surface area (Å²) in [5.41, 5.74) is 5.66. The van der Waals surface area contributed by atoms with E-state index < -0.39 is 24.1 Å². The van der Waals surface area contributed by atoms with Crippen molar-refractivity contribution >= 4 is 40.1 Å². The summed E-state index contributed by atoms with van der Waals surface area (Å²) in [5, 5.41) is 8.42. The second kappa shape index (κ2) is 11.7. The molecule has 0 fully saturated rings. The second-order valence-electron chi connectivity index (χ2n) is 11.0. The Labute approximate surface area is 264 Å². The monoisotopic (exact) mass is 608 g/mol. The summed E-state index contributed by atoms with van der Waals surface area (Å²) >= 11 is 0. The van der Waals surface area contributed by atoms with Crippen molar-refractivity contribution in [2.45, 2.75) is 13.5 Å². The maximum atomic E-state index is 14.0. The molecule has 1 aliphatic heterocycles. The molecule has 4 aromatic carbocycles. The fourth-order valence-corrected chi connectivity index (χ4v) is 5.62. The molecule has 2 aromatic heterocycles. The predicted molar refractivity (Wildman–Crippen MR) is 173 cm³/mol. The number of fused-ring (bicyclic) bond motifs is 2. The summed E-state index contributed by atoms with van der Waals surface area (Å²) in [7, 11) is 1.58. The van der Waals surface area contributed by atoms with Crippen LogP contribution in [0.15, 0.2) is 103 Å². The third-order valence-corrected chi connectivity index (χ3v) is 7.99. The van der Waals surface area contributed by atoms with Crippen LogP contribution >= 0.6 is 0 Å². The van der Waals surface area contributed by atoms with Crippen molar-refractivity contribution in [1.82, 2.24) is 24.6 Å². The topological polar surface area (TPSA) is 119 Å². The highest BCUT2D eigenvalue weighted by atomic mass is 16.5. The van der Waals surface area contributed by atoms with Gasteiger partial charge < -0.3 is 10.1 Å². The molecule has 226 valence electrons. The van der Waals surface area contributed by atoms with Gasteiger partial charge in [-0.1, -0.05) is 78.4 Å². The van der Waals surface area contributed by atoms with Crippen LogP contribution in [0.1, 0.15) is 42.3 Å².